The van der Waals surface area contributed by atoms with Crippen LogP contribution in [0.4, 0.5) is 18.0 Å². The fourth-order valence-electron chi connectivity index (χ4n) is 3.76. The number of hydrogen-bond acceptors (Lipinski definition) is 6. The highest BCUT2D eigenvalue weighted by Gasteiger charge is 2.36. The summed E-state index contributed by atoms with van der Waals surface area (Å²) in [7, 11) is -4.22. The molecule has 198 valence electrons. The van der Waals surface area contributed by atoms with Crippen molar-refractivity contribution in [3.8, 4) is 10.4 Å². The molecule has 2 heterocycles. The number of ether oxygens (including phenoxy) is 1. The van der Waals surface area contributed by atoms with Crippen molar-refractivity contribution in [3.63, 3.8) is 0 Å². The normalized spacial score (nSPS) is 16.2. The number of piperidine rings is 1. The molecule has 0 saturated carbocycles. The van der Waals surface area contributed by atoms with E-state index in [9.17, 15) is 36.3 Å². The number of sulfonamides is 1. The predicted molar refractivity (Wildman–Crippen MR) is 127 cm³/mol. The molecule has 0 radical (unpaired) electrons. The lowest BCUT2D eigenvalue weighted by molar-refractivity contribution is -0.141. The number of benzene rings is 1. The number of carbonyl (C=O) groups excluding carboxylic acids is 1. The average molecular weight is 549 g/mol. The predicted octanol–water partition coefficient (Wildman–Crippen LogP) is 4.67. The summed E-state index contributed by atoms with van der Waals surface area (Å²) in [6.45, 7) is 4.56. The van der Waals surface area contributed by atoms with Gasteiger partial charge < -0.3 is 14.7 Å². The summed E-state index contributed by atoms with van der Waals surface area (Å²) in [5.41, 5.74) is -0.415. The average Bonchev–Trinajstić information content (AvgIpc) is 3.32. The molecule has 2 N–H and O–H groups in total. The van der Waals surface area contributed by atoms with Crippen LogP contribution in [0.2, 0.25) is 0 Å². The van der Waals surface area contributed by atoms with Crippen LogP contribution in [-0.2, 0) is 25.7 Å². The third kappa shape index (κ3) is 6.98. The molecule has 1 amide bonds. The molecule has 13 heteroatoms. The lowest BCUT2D eigenvalue weighted by Gasteiger charge is -2.34. The van der Waals surface area contributed by atoms with Gasteiger partial charge in [-0.05, 0) is 54.5 Å². The Balaban J connectivity index is 1.67. The van der Waals surface area contributed by atoms with E-state index in [2.05, 4.69) is 4.72 Å². The second-order valence-corrected chi connectivity index (χ2v) is 12.0. The number of hydrogen-bond donors (Lipinski definition) is 2. The zero-order chi connectivity index (χ0) is 26.7. The highest BCUT2D eigenvalue weighted by atomic mass is 32.2. The van der Waals surface area contributed by atoms with Crippen LogP contribution in [0.3, 0.4) is 0 Å². The molecular formula is C23H27F3N2O6S2. The van der Waals surface area contributed by atoms with Gasteiger partial charge in [0.15, 0.2) is 0 Å². The standard InChI is InChI=1S/C23H27F3N2O6S2/c1-14(2)13-34-22(31)28-11-9-16(10-12-28)20(21(29)30)27-36(32,33)19-8-7-18(35-19)15-3-5-17(6-4-15)23(24,25)26/h3-8,14,16,20,27H,9-13H2,1-2H3,(H,29,30)/t20-/m1/s1. The maximum absolute atomic E-state index is 12.9. The van der Waals surface area contributed by atoms with Crippen molar-refractivity contribution in [2.45, 2.75) is 43.1 Å². The molecule has 3 rings (SSSR count). The van der Waals surface area contributed by atoms with Crippen LogP contribution < -0.4 is 4.72 Å². The quantitative estimate of drug-likeness (QED) is 0.496. The maximum Gasteiger partial charge on any atom is 0.416 e. The number of rotatable bonds is 8. The van der Waals surface area contributed by atoms with E-state index in [1.54, 1.807) is 0 Å². The van der Waals surface area contributed by atoms with Gasteiger partial charge in [0, 0.05) is 18.0 Å². The van der Waals surface area contributed by atoms with Crippen molar-refractivity contribution in [2.24, 2.45) is 11.8 Å². The Hall–Kier alpha value is -2.64. The molecule has 1 atom stereocenters. The van der Waals surface area contributed by atoms with Crippen LogP contribution in [0.15, 0.2) is 40.6 Å². The molecule has 0 bridgehead atoms. The van der Waals surface area contributed by atoms with Crippen LogP contribution in [0.1, 0.15) is 32.3 Å². The van der Waals surface area contributed by atoms with Crippen molar-refractivity contribution >= 4 is 33.4 Å². The van der Waals surface area contributed by atoms with Crippen molar-refractivity contribution in [3.05, 3.63) is 42.0 Å². The Labute approximate surface area is 211 Å². The van der Waals surface area contributed by atoms with E-state index in [-0.39, 0.29) is 42.7 Å². The fraction of sp³-hybridized carbons (Fsp3) is 0.478. The number of halogens is 3. The lowest BCUT2D eigenvalue weighted by atomic mass is 9.90. The number of carboxylic acids is 1. The number of thiophene rings is 1. The Morgan fingerprint density at radius 1 is 1.14 bits per heavy atom. The minimum absolute atomic E-state index is 0.154. The lowest BCUT2D eigenvalue weighted by Crippen LogP contribution is -2.50. The summed E-state index contributed by atoms with van der Waals surface area (Å²) in [6.07, 6.45) is -4.42. The number of nitrogens with zero attached hydrogens (tertiary/aromatic N) is 1. The second-order valence-electron chi connectivity index (χ2n) is 8.93. The maximum atomic E-state index is 12.9. The van der Waals surface area contributed by atoms with Crippen LogP contribution >= 0.6 is 11.3 Å². The fourth-order valence-corrected chi connectivity index (χ4v) is 6.35. The monoisotopic (exact) mass is 548 g/mol. The van der Waals surface area contributed by atoms with Gasteiger partial charge in [-0.3, -0.25) is 4.79 Å². The van der Waals surface area contributed by atoms with Crippen LogP contribution in [0, 0.1) is 11.8 Å². The molecule has 1 aliphatic rings. The van der Waals surface area contributed by atoms with Gasteiger partial charge in [-0.1, -0.05) is 26.0 Å². The molecule has 1 aliphatic heterocycles. The minimum atomic E-state index is -4.48. The number of likely N-dealkylation sites (tertiary alicyclic amines) is 1. The number of aliphatic carboxylic acids is 1. The summed E-state index contributed by atoms with van der Waals surface area (Å²) in [4.78, 5) is 25.9. The summed E-state index contributed by atoms with van der Waals surface area (Å²) >= 11 is 0.825. The van der Waals surface area contributed by atoms with E-state index in [0.717, 1.165) is 23.5 Å². The van der Waals surface area contributed by atoms with Crippen molar-refractivity contribution in [2.75, 3.05) is 19.7 Å². The van der Waals surface area contributed by atoms with Crippen LogP contribution in [-0.4, -0.2) is 56.2 Å². The Kier molecular flexibility index (Phi) is 8.67. The Morgan fingerprint density at radius 2 is 1.75 bits per heavy atom. The first-order chi connectivity index (χ1) is 16.8. The van der Waals surface area contributed by atoms with E-state index in [0.29, 0.717) is 10.4 Å². The first-order valence-electron chi connectivity index (χ1n) is 11.2. The van der Waals surface area contributed by atoms with Crippen molar-refractivity contribution in [1.29, 1.82) is 0 Å². The van der Waals surface area contributed by atoms with Gasteiger partial charge >= 0.3 is 18.2 Å². The molecule has 1 fully saturated rings. The molecule has 1 saturated heterocycles. The topological polar surface area (TPSA) is 113 Å². The van der Waals surface area contributed by atoms with Crippen LogP contribution in [0.5, 0.6) is 0 Å². The minimum Gasteiger partial charge on any atom is -0.480 e. The first-order valence-corrected chi connectivity index (χ1v) is 13.5. The van der Waals surface area contributed by atoms with Gasteiger partial charge in [-0.15, -0.1) is 11.3 Å². The molecule has 1 aromatic carbocycles. The molecule has 0 aliphatic carbocycles. The van der Waals surface area contributed by atoms with E-state index in [1.807, 2.05) is 13.8 Å². The van der Waals surface area contributed by atoms with Gasteiger partial charge in [0.1, 0.15) is 10.3 Å². The van der Waals surface area contributed by atoms with E-state index < -0.39 is 45.8 Å². The van der Waals surface area contributed by atoms with E-state index in [4.69, 9.17) is 4.74 Å². The smallest absolute Gasteiger partial charge is 0.416 e. The zero-order valence-corrected chi connectivity index (χ0v) is 21.3. The highest BCUT2D eigenvalue weighted by Crippen LogP contribution is 2.34. The summed E-state index contributed by atoms with van der Waals surface area (Å²) < 4.78 is 71.5. The summed E-state index contributed by atoms with van der Waals surface area (Å²) in [5, 5.41) is 9.71. The summed E-state index contributed by atoms with van der Waals surface area (Å²) in [5.74, 6) is -1.70. The van der Waals surface area contributed by atoms with Crippen molar-refractivity contribution < 1.29 is 41.0 Å². The molecule has 36 heavy (non-hydrogen) atoms. The second kappa shape index (κ2) is 11.2. The molecule has 8 nitrogen and oxygen atoms in total. The van der Waals surface area contributed by atoms with Gasteiger partial charge in [0.25, 0.3) is 10.0 Å². The largest absolute Gasteiger partial charge is 0.480 e. The van der Waals surface area contributed by atoms with E-state index >= 15 is 0 Å². The number of amides is 1. The molecule has 0 spiro atoms. The van der Waals surface area contributed by atoms with Gasteiger partial charge in [0.05, 0.1) is 12.2 Å². The molecular weight excluding hydrogens is 521 g/mol. The highest BCUT2D eigenvalue weighted by molar-refractivity contribution is 7.91. The molecule has 0 unspecified atom stereocenters. The van der Waals surface area contributed by atoms with E-state index in [1.165, 1.54) is 29.2 Å². The molecule has 2 aromatic rings. The zero-order valence-electron chi connectivity index (χ0n) is 19.6. The third-order valence-electron chi connectivity index (χ3n) is 5.70. The van der Waals surface area contributed by atoms with Crippen molar-refractivity contribution in [1.82, 2.24) is 9.62 Å². The molecule has 1 aromatic heterocycles. The number of nitrogens with one attached hydrogen (secondary N) is 1. The SMILES string of the molecule is CC(C)COC(=O)N1CCC([C@@H](NS(=O)(=O)c2ccc(-c3ccc(C(F)(F)F)cc3)s2)C(=O)O)CC1. The third-order valence-corrected chi connectivity index (χ3v) is 8.77. The van der Waals surface area contributed by atoms with Crippen LogP contribution in [0.25, 0.3) is 10.4 Å². The number of alkyl halides is 3. The van der Waals surface area contributed by atoms with Gasteiger partial charge in [-0.25, -0.2) is 13.2 Å². The number of carbonyl (C=O) groups is 2. The Bertz CT molecular complexity index is 1170. The summed E-state index contributed by atoms with van der Waals surface area (Å²) in [6, 6.07) is 5.66. The Morgan fingerprint density at radius 3 is 2.28 bits per heavy atom. The van der Waals surface area contributed by atoms with Gasteiger partial charge in [-0.2, -0.15) is 17.9 Å². The van der Waals surface area contributed by atoms with Gasteiger partial charge in [0.2, 0.25) is 0 Å². The number of carboxylic acid groups (broad SMARTS) is 1. The first kappa shape index (κ1) is 27.9.